The van der Waals surface area contributed by atoms with Crippen molar-refractivity contribution in [1.29, 1.82) is 0 Å². The number of ether oxygens (including phenoxy) is 1. The molecule has 0 bridgehead atoms. The Morgan fingerprint density at radius 3 is 0.931 bits per heavy atom. The maximum absolute atomic E-state index is 4.94. The molecule has 4 atom stereocenters. The van der Waals surface area contributed by atoms with Crippen LogP contribution in [-0.4, -0.2) is 37.4 Å². The quantitative estimate of drug-likeness (QED) is 0.265. The van der Waals surface area contributed by atoms with Crippen LogP contribution in [0.2, 0.25) is 64.5 Å². The van der Waals surface area contributed by atoms with Crippen molar-refractivity contribution in [3.8, 4) is 0 Å². The van der Waals surface area contributed by atoms with E-state index >= 15 is 0 Å². The van der Waals surface area contributed by atoms with Crippen molar-refractivity contribution in [2.75, 3.05) is 13.2 Å². The van der Waals surface area contributed by atoms with Crippen molar-refractivity contribution in [1.82, 2.24) is 0 Å². The van der Waals surface area contributed by atoms with Crippen molar-refractivity contribution in [2.24, 2.45) is 23.7 Å². The van der Waals surface area contributed by atoms with Crippen LogP contribution in [0.15, 0.2) is 0 Å². The first-order chi connectivity index (χ1) is 12.3. The molecule has 29 heavy (non-hydrogen) atoms. The third-order valence-corrected chi connectivity index (χ3v) is 8.50. The minimum Gasteiger partial charge on any atom is -0.381 e. The summed E-state index contributed by atoms with van der Waals surface area (Å²) in [6.45, 7) is 40.6. The van der Waals surface area contributed by atoms with Crippen molar-refractivity contribution in [3.63, 3.8) is 0 Å². The topological polar surface area (TPSA) is 9.23 Å². The van der Waals surface area contributed by atoms with Gasteiger partial charge in [0.15, 0.2) is 0 Å². The molecular weight excluding hydrogens is 433 g/mol. The molecule has 0 aromatic carbocycles. The second-order valence-corrected chi connectivity index (χ2v) is 28.4. The van der Waals surface area contributed by atoms with Crippen molar-refractivity contribution >= 4 is 24.2 Å². The Kier molecular flexibility index (Phi) is 18.6. The van der Waals surface area contributed by atoms with Crippen LogP contribution in [0.25, 0.3) is 0 Å². The minimum absolute atomic E-state index is 0. The van der Waals surface area contributed by atoms with Gasteiger partial charge < -0.3 is 17.8 Å². The predicted octanol–water partition coefficient (Wildman–Crippen LogP) is 8.44. The molecule has 1 aliphatic heterocycles. The Morgan fingerprint density at radius 1 is 0.586 bits per heavy atom. The van der Waals surface area contributed by atoms with Crippen molar-refractivity contribution in [2.45, 2.75) is 105 Å². The summed E-state index contributed by atoms with van der Waals surface area (Å²) in [5, 5.41) is 0. The normalized spacial score (nSPS) is 29.3. The summed E-state index contributed by atoms with van der Waals surface area (Å²) < 4.78 is 4.94. The molecule has 5 heteroatoms. The number of rotatable bonds is 1. The minimum atomic E-state index is -0.934. The van der Waals surface area contributed by atoms with Gasteiger partial charge in [-0.05, 0) is 42.1 Å². The molecule has 4 unspecified atom stereocenters. The van der Waals surface area contributed by atoms with Gasteiger partial charge in [-0.2, -0.15) is 0 Å². The Hall–Kier alpha value is 1.48. The van der Waals surface area contributed by atoms with Crippen LogP contribution in [0.3, 0.4) is 0 Å². The Labute approximate surface area is 208 Å². The summed E-state index contributed by atoms with van der Waals surface area (Å²) in [5.41, 5.74) is 1.04. The summed E-state index contributed by atoms with van der Waals surface area (Å²) in [6, 6.07) is 0. The van der Waals surface area contributed by atoms with Gasteiger partial charge in [0.2, 0.25) is 0 Å². The average molecular weight is 490 g/mol. The zero-order chi connectivity index (χ0) is 22.9. The Balaban J connectivity index is -0.000000352. The molecule has 0 amide bonds. The molecular formula is C24H56OScSi3+. The summed E-state index contributed by atoms with van der Waals surface area (Å²) in [6.07, 6.45) is 2.56. The van der Waals surface area contributed by atoms with E-state index in [0.717, 1.165) is 42.4 Å². The van der Waals surface area contributed by atoms with Crippen LogP contribution in [0.4, 0.5) is 0 Å². The molecule has 2 fully saturated rings. The summed E-state index contributed by atoms with van der Waals surface area (Å²) in [7, 11) is -2.66. The first-order valence-electron chi connectivity index (χ1n) is 11.5. The average Bonchev–Trinajstić information content (AvgIpc) is 3.04. The molecule has 1 saturated carbocycles. The van der Waals surface area contributed by atoms with Gasteiger partial charge in [-0.1, -0.05) is 86.6 Å². The second-order valence-electron chi connectivity index (χ2n) is 12.8. The molecule has 1 nitrogen and oxygen atoms in total. The number of hydrogen-bond donors (Lipinski definition) is 0. The molecule has 0 spiro atoms. The molecule has 0 N–H and O–H groups in total. The largest absolute Gasteiger partial charge is 3.00 e. The van der Waals surface area contributed by atoms with Crippen molar-refractivity contribution in [3.05, 3.63) is 13.1 Å². The summed E-state index contributed by atoms with van der Waals surface area (Å²) in [4.78, 5) is 0. The molecule has 172 valence electrons. The first-order valence-corrected chi connectivity index (χ1v) is 22.5. The van der Waals surface area contributed by atoms with Gasteiger partial charge >= 0.3 is 25.8 Å². The van der Waals surface area contributed by atoms with Gasteiger partial charge in [-0.25, -0.2) is 0 Å². The van der Waals surface area contributed by atoms with Gasteiger partial charge in [0.1, 0.15) is 0 Å². The van der Waals surface area contributed by atoms with E-state index in [1.807, 2.05) is 0 Å². The third kappa shape index (κ3) is 21.1. The predicted molar refractivity (Wildman–Crippen MR) is 141 cm³/mol. The van der Waals surface area contributed by atoms with Crippen LogP contribution in [0, 0.1) is 36.8 Å². The van der Waals surface area contributed by atoms with E-state index in [-0.39, 0.29) is 25.8 Å². The maximum Gasteiger partial charge on any atom is 3.00 e. The molecule has 2 rings (SSSR count). The standard InChI is InChI=1S/C12H26Si.C4H8O.2C4H11Si.Sc/c1-8-9(2)11(4)12(10(8)3)13(5,6)7;1-2-4-5-3-1;2*1-5(2,3)4;/h8-12H,1-7H3;1-4H2;2*1H2,2-4H3;/q;;2*-1;+3. The number of hydrogen-bond acceptors (Lipinski definition) is 1. The molecule has 1 aliphatic carbocycles. The van der Waals surface area contributed by atoms with Gasteiger partial charge in [-0.3, -0.25) is 0 Å². The van der Waals surface area contributed by atoms with E-state index in [4.69, 9.17) is 4.74 Å². The van der Waals surface area contributed by atoms with Crippen LogP contribution >= 0.6 is 0 Å². The van der Waals surface area contributed by atoms with Crippen LogP contribution in [0.1, 0.15) is 40.5 Å². The zero-order valence-electron chi connectivity index (χ0n) is 22.6. The smallest absolute Gasteiger partial charge is 0.381 e. The summed E-state index contributed by atoms with van der Waals surface area (Å²) in [5.74, 6) is 3.78. The second kappa shape index (κ2) is 15.3. The van der Waals surface area contributed by atoms with Crippen LogP contribution in [0.5, 0.6) is 0 Å². The third-order valence-electron chi connectivity index (χ3n) is 5.45. The van der Waals surface area contributed by atoms with E-state index in [1.165, 1.54) is 12.8 Å². The SMILES string of the molecule is C1CCOC1.CC1C(C)C(C)C([Si](C)(C)C)C1C.[CH2-][Si](C)(C)C.[CH2-][Si](C)(C)C.[Sc+3]. The van der Waals surface area contributed by atoms with E-state index < -0.39 is 24.2 Å². The van der Waals surface area contributed by atoms with Gasteiger partial charge in [0.25, 0.3) is 0 Å². The van der Waals surface area contributed by atoms with Gasteiger partial charge in [-0.15, -0.1) is 16.1 Å². The Morgan fingerprint density at radius 2 is 0.828 bits per heavy atom. The molecule has 0 radical (unpaired) electrons. The zero-order valence-corrected chi connectivity index (χ0v) is 27.4. The van der Waals surface area contributed by atoms with Gasteiger partial charge in [0.05, 0.1) is 0 Å². The first kappa shape index (κ1) is 35.1. The Bertz CT molecular complexity index is 347. The fourth-order valence-corrected chi connectivity index (χ4v) is 7.94. The van der Waals surface area contributed by atoms with Crippen molar-refractivity contribution < 1.29 is 30.6 Å². The van der Waals surface area contributed by atoms with Crippen LogP contribution in [-0.2, 0) is 30.6 Å². The van der Waals surface area contributed by atoms with Crippen LogP contribution < -0.4 is 0 Å². The molecule has 0 aromatic rings. The molecule has 0 aromatic heterocycles. The fraction of sp³-hybridized carbons (Fsp3) is 0.917. The molecule has 2 aliphatic rings. The summed E-state index contributed by atoms with van der Waals surface area (Å²) >= 11 is 0. The van der Waals surface area contributed by atoms with E-state index in [9.17, 15) is 0 Å². The van der Waals surface area contributed by atoms with Gasteiger partial charge in [0, 0.05) is 21.3 Å². The fourth-order valence-electron chi connectivity index (χ4n) is 4.18. The van der Waals surface area contributed by atoms with E-state index in [2.05, 4.69) is 99.7 Å². The maximum atomic E-state index is 4.94. The monoisotopic (exact) mass is 489 g/mol. The molecule has 1 heterocycles. The molecule has 1 saturated heterocycles. The van der Waals surface area contributed by atoms with E-state index in [1.54, 1.807) is 0 Å². The van der Waals surface area contributed by atoms with E-state index in [0.29, 0.717) is 0 Å².